The maximum Gasteiger partial charge on any atom is 0.193 e. The summed E-state index contributed by atoms with van der Waals surface area (Å²) in [6.45, 7) is 1.17. The highest BCUT2D eigenvalue weighted by Gasteiger charge is 2.13. The third-order valence-electron chi connectivity index (χ3n) is 2.93. The van der Waals surface area contributed by atoms with E-state index < -0.39 is 11.6 Å². The van der Waals surface area contributed by atoms with E-state index in [1.165, 1.54) is 0 Å². The number of hydrogen-bond donors (Lipinski definition) is 2. The van der Waals surface area contributed by atoms with Gasteiger partial charge in [0.25, 0.3) is 0 Å². The fourth-order valence-electron chi connectivity index (χ4n) is 1.92. The summed E-state index contributed by atoms with van der Waals surface area (Å²) in [4.78, 5) is 4.08. The average Bonchev–Trinajstić information content (AvgIpc) is 2.42. The molecule has 0 bridgehead atoms. The lowest BCUT2D eigenvalue weighted by molar-refractivity contribution is 0.0225. The van der Waals surface area contributed by atoms with E-state index in [1.807, 2.05) is 0 Å². The van der Waals surface area contributed by atoms with E-state index in [0.29, 0.717) is 6.54 Å². The van der Waals surface area contributed by atoms with Crippen molar-refractivity contribution in [3.63, 3.8) is 0 Å². The largest absolute Gasteiger partial charge is 0.376 e. The molecular weight excluding hydrogens is 379 g/mol. The number of benzene rings is 1. The van der Waals surface area contributed by atoms with Crippen LogP contribution in [0.25, 0.3) is 0 Å². The Balaban J connectivity index is 0.00000200. The number of nitrogens with one attached hydrogen (secondary N) is 1. The number of rotatable bonds is 3. The molecule has 0 amide bonds. The van der Waals surface area contributed by atoms with Gasteiger partial charge in [0.15, 0.2) is 5.96 Å². The predicted octanol–water partition coefficient (Wildman–Crippen LogP) is 2.88. The number of ether oxygens (including phenoxy) is 1. The minimum absolute atomic E-state index is 0. The van der Waals surface area contributed by atoms with Crippen LogP contribution >= 0.6 is 24.0 Å². The van der Waals surface area contributed by atoms with Crippen LogP contribution in [0.4, 0.5) is 14.5 Å². The van der Waals surface area contributed by atoms with E-state index in [9.17, 15) is 8.78 Å². The molecule has 1 unspecified atom stereocenters. The van der Waals surface area contributed by atoms with Crippen molar-refractivity contribution in [3.05, 3.63) is 29.8 Å². The maximum atomic E-state index is 13.4. The summed E-state index contributed by atoms with van der Waals surface area (Å²) in [5.41, 5.74) is 5.61. The van der Waals surface area contributed by atoms with Crippen LogP contribution in [0.15, 0.2) is 23.2 Å². The highest BCUT2D eigenvalue weighted by Crippen LogP contribution is 2.15. The van der Waals surface area contributed by atoms with Gasteiger partial charge in [-0.05, 0) is 31.4 Å². The SMILES string of the molecule is I.NC(=NCC1CCCCO1)Nc1cc(F)ccc1F. The monoisotopic (exact) mass is 397 g/mol. The topological polar surface area (TPSA) is 59.6 Å². The van der Waals surface area contributed by atoms with E-state index in [0.717, 1.165) is 44.1 Å². The normalized spacial score (nSPS) is 19.3. The summed E-state index contributed by atoms with van der Waals surface area (Å²) >= 11 is 0. The van der Waals surface area contributed by atoms with Crippen molar-refractivity contribution >= 4 is 35.6 Å². The first-order valence-corrected chi connectivity index (χ1v) is 6.29. The van der Waals surface area contributed by atoms with Crippen LogP contribution in [-0.2, 0) is 4.74 Å². The quantitative estimate of drug-likeness (QED) is 0.469. The molecule has 7 heteroatoms. The Bertz CT molecular complexity index is 465. The van der Waals surface area contributed by atoms with Crippen LogP contribution in [0, 0.1) is 11.6 Å². The second-order valence-electron chi connectivity index (χ2n) is 4.46. The molecule has 2 rings (SSSR count). The number of guanidine groups is 1. The van der Waals surface area contributed by atoms with Gasteiger partial charge in [-0.2, -0.15) is 0 Å². The Kier molecular flexibility index (Phi) is 7.14. The smallest absolute Gasteiger partial charge is 0.193 e. The van der Waals surface area contributed by atoms with Gasteiger partial charge in [-0.1, -0.05) is 0 Å². The first kappa shape index (κ1) is 17.1. The molecule has 0 aromatic heterocycles. The minimum atomic E-state index is -0.575. The number of hydrogen-bond acceptors (Lipinski definition) is 2. The van der Waals surface area contributed by atoms with Gasteiger partial charge in [0.2, 0.25) is 0 Å². The van der Waals surface area contributed by atoms with Crippen LogP contribution in [0.3, 0.4) is 0 Å². The molecule has 0 aliphatic carbocycles. The molecule has 0 saturated carbocycles. The van der Waals surface area contributed by atoms with Gasteiger partial charge in [0.05, 0.1) is 18.3 Å². The van der Waals surface area contributed by atoms with Gasteiger partial charge in [-0.3, -0.25) is 4.99 Å². The lowest BCUT2D eigenvalue weighted by atomic mass is 10.1. The van der Waals surface area contributed by atoms with Gasteiger partial charge in [-0.15, -0.1) is 24.0 Å². The Hall–Kier alpha value is -0.960. The van der Waals surface area contributed by atoms with Crippen LogP contribution in [0.5, 0.6) is 0 Å². The zero-order valence-electron chi connectivity index (χ0n) is 10.9. The summed E-state index contributed by atoms with van der Waals surface area (Å²) in [6.07, 6.45) is 3.20. The molecule has 1 fully saturated rings. The van der Waals surface area contributed by atoms with Crippen LogP contribution in [0.2, 0.25) is 0 Å². The molecule has 0 radical (unpaired) electrons. The molecule has 1 atom stereocenters. The van der Waals surface area contributed by atoms with Gasteiger partial charge < -0.3 is 15.8 Å². The average molecular weight is 397 g/mol. The summed E-state index contributed by atoms with van der Waals surface area (Å²) in [7, 11) is 0. The van der Waals surface area contributed by atoms with Gasteiger partial charge in [-0.25, -0.2) is 8.78 Å². The summed E-state index contributed by atoms with van der Waals surface area (Å²) in [5.74, 6) is -1.06. The fraction of sp³-hybridized carbons (Fsp3) is 0.462. The van der Waals surface area contributed by atoms with Crippen LogP contribution in [-0.4, -0.2) is 25.2 Å². The first-order valence-electron chi connectivity index (χ1n) is 6.29. The van der Waals surface area contributed by atoms with Gasteiger partial charge >= 0.3 is 0 Å². The van der Waals surface area contributed by atoms with Crippen molar-refractivity contribution in [3.8, 4) is 0 Å². The predicted molar refractivity (Wildman–Crippen MR) is 85.5 cm³/mol. The summed E-state index contributed by atoms with van der Waals surface area (Å²) < 4.78 is 31.8. The highest BCUT2D eigenvalue weighted by molar-refractivity contribution is 14.0. The standard InChI is InChI=1S/C13H17F2N3O.HI/c14-9-4-5-11(15)12(7-9)18-13(16)17-8-10-3-1-2-6-19-10;/h4-5,7,10H,1-3,6,8H2,(H3,16,17,18);1H. The molecule has 3 N–H and O–H groups in total. The number of anilines is 1. The molecule has 1 aliphatic rings. The molecule has 1 aromatic rings. The molecule has 0 spiro atoms. The first-order chi connectivity index (χ1) is 9.15. The van der Waals surface area contributed by atoms with E-state index >= 15 is 0 Å². The van der Waals surface area contributed by atoms with E-state index in [-0.39, 0.29) is 41.7 Å². The Morgan fingerprint density at radius 2 is 2.20 bits per heavy atom. The number of halogens is 3. The van der Waals surface area contributed by atoms with E-state index in [1.54, 1.807) is 0 Å². The molecule has 1 saturated heterocycles. The van der Waals surface area contributed by atoms with Crippen molar-refractivity contribution in [2.75, 3.05) is 18.5 Å². The second kappa shape index (κ2) is 8.35. The molecule has 1 aliphatic heterocycles. The van der Waals surface area contributed by atoms with E-state index in [2.05, 4.69) is 10.3 Å². The minimum Gasteiger partial charge on any atom is -0.376 e. The van der Waals surface area contributed by atoms with Crippen molar-refractivity contribution in [2.45, 2.75) is 25.4 Å². The number of nitrogens with two attached hydrogens (primary N) is 1. The molecule has 20 heavy (non-hydrogen) atoms. The Morgan fingerprint density at radius 1 is 1.40 bits per heavy atom. The zero-order chi connectivity index (χ0) is 13.7. The zero-order valence-corrected chi connectivity index (χ0v) is 13.3. The molecule has 1 heterocycles. The van der Waals surface area contributed by atoms with Crippen molar-refractivity contribution in [1.82, 2.24) is 0 Å². The fourth-order valence-corrected chi connectivity index (χ4v) is 1.92. The highest BCUT2D eigenvalue weighted by atomic mass is 127. The number of nitrogens with zero attached hydrogens (tertiary/aromatic N) is 1. The van der Waals surface area contributed by atoms with Crippen molar-refractivity contribution in [2.24, 2.45) is 10.7 Å². The Morgan fingerprint density at radius 3 is 2.90 bits per heavy atom. The van der Waals surface area contributed by atoms with Gasteiger partial charge in [0.1, 0.15) is 11.6 Å². The molecule has 1 aromatic carbocycles. The summed E-state index contributed by atoms with van der Waals surface area (Å²) in [6, 6.07) is 3.12. The van der Waals surface area contributed by atoms with Crippen molar-refractivity contribution < 1.29 is 13.5 Å². The van der Waals surface area contributed by atoms with E-state index in [4.69, 9.17) is 10.5 Å². The lowest BCUT2D eigenvalue weighted by Gasteiger charge is -2.20. The molecular formula is C13H18F2IN3O. The maximum absolute atomic E-state index is 13.4. The van der Waals surface area contributed by atoms with Crippen LogP contribution in [0.1, 0.15) is 19.3 Å². The van der Waals surface area contributed by atoms with Crippen molar-refractivity contribution in [1.29, 1.82) is 0 Å². The third-order valence-corrected chi connectivity index (χ3v) is 2.93. The third kappa shape index (κ3) is 5.20. The second-order valence-corrected chi connectivity index (χ2v) is 4.46. The van der Waals surface area contributed by atoms with Crippen LogP contribution < -0.4 is 11.1 Å². The lowest BCUT2D eigenvalue weighted by Crippen LogP contribution is -2.27. The number of aliphatic imine (C=N–C) groups is 1. The Labute approximate surface area is 133 Å². The molecule has 4 nitrogen and oxygen atoms in total. The molecule has 112 valence electrons. The van der Waals surface area contributed by atoms with Gasteiger partial charge in [0, 0.05) is 12.7 Å². The summed E-state index contributed by atoms with van der Waals surface area (Å²) in [5, 5.41) is 2.55.